The van der Waals surface area contributed by atoms with Crippen molar-refractivity contribution in [1.29, 1.82) is 0 Å². The summed E-state index contributed by atoms with van der Waals surface area (Å²) in [4.78, 5) is 28.6. The Balaban J connectivity index is 1.35. The Kier molecular flexibility index (Phi) is 7.24. The molecule has 2 amide bonds. The molecular formula is C21H31N3O3. The molecule has 6 nitrogen and oxygen atoms in total. The normalized spacial score (nSPS) is 21.4. The number of carbonyl (C=O) groups is 2. The van der Waals surface area contributed by atoms with Gasteiger partial charge in [-0.1, -0.05) is 30.3 Å². The first-order chi connectivity index (χ1) is 13.2. The van der Waals surface area contributed by atoms with Crippen LogP contribution in [-0.2, 0) is 20.9 Å². The molecule has 0 unspecified atom stereocenters. The van der Waals surface area contributed by atoms with Gasteiger partial charge >= 0.3 is 0 Å². The molecule has 2 fully saturated rings. The van der Waals surface area contributed by atoms with Crippen LogP contribution < -0.4 is 5.32 Å². The summed E-state index contributed by atoms with van der Waals surface area (Å²) in [6, 6.07) is 10.5. The fourth-order valence-electron chi connectivity index (χ4n) is 4.06. The molecule has 148 valence electrons. The molecule has 0 saturated carbocycles. The highest BCUT2D eigenvalue weighted by Crippen LogP contribution is 2.20. The molecule has 27 heavy (non-hydrogen) atoms. The lowest BCUT2D eigenvalue weighted by Gasteiger charge is -2.31. The fraction of sp³-hybridized carbons (Fsp3) is 0.619. The molecule has 1 atom stereocenters. The number of likely N-dealkylation sites (tertiary alicyclic amines) is 2. The number of rotatable bonds is 7. The van der Waals surface area contributed by atoms with Crippen molar-refractivity contribution in [3.05, 3.63) is 35.9 Å². The molecule has 1 aromatic carbocycles. The van der Waals surface area contributed by atoms with E-state index in [0.717, 1.165) is 45.4 Å². The standard InChI is InChI=1S/C21H31N3O3/c1-27-16-20(25)24-11-8-19(9-12-24)21(26)22-13-18-7-10-23(15-18)14-17-5-3-2-4-6-17/h2-6,18-19H,7-16H2,1H3,(H,22,26)/t18-/m0/s1. The van der Waals surface area contributed by atoms with Crippen molar-refractivity contribution in [2.75, 3.05) is 46.4 Å². The second kappa shape index (κ2) is 9.85. The summed E-state index contributed by atoms with van der Waals surface area (Å²) in [7, 11) is 1.53. The van der Waals surface area contributed by atoms with Crippen LogP contribution >= 0.6 is 0 Å². The lowest BCUT2D eigenvalue weighted by molar-refractivity contribution is -0.138. The van der Waals surface area contributed by atoms with Crippen LogP contribution in [0.1, 0.15) is 24.8 Å². The third-order valence-corrected chi connectivity index (χ3v) is 5.67. The minimum atomic E-state index is 0.0146. The van der Waals surface area contributed by atoms with Crippen molar-refractivity contribution in [2.45, 2.75) is 25.8 Å². The van der Waals surface area contributed by atoms with Crippen molar-refractivity contribution in [3.63, 3.8) is 0 Å². The minimum absolute atomic E-state index is 0.0146. The Morgan fingerprint density at radius 3 is 2.56 bits per heavy atom. The van der Waals surface area contributed by atoms with E-state index in [0.29, 0.717) is 19.0 Å². The average Bonchev–Trinajstić information content (AvgIpc) is 3.14. The number of hydrogen-bond donors (Lipinski definition) is 1. The van der Waals surface area contributed by atoms with E-state index in [-0.39, 0.29) is 24.3 Å². The van der Waals surface area contributed by atoms with E-state index in [2.05, 4.69) is 34.5 Å². The zero-order valence-corrected chi connectivity index (χ0v) is 16.2. The molecule has 0 bridgehead atoms. The predicted octanol–water partition coefficient (Wildman–Crippen LogP) is 1.51. The Morgan fingerprint density at radius 1 is 1.11 bits per heavy atom. The summed E-state index contributed by atoms with van der Waals surface area (Å²) in [5.74, 6) is 0.718. The SMILES string of the molecule is COCC(=O)N1CCC(C(=O)NC[C@@H]2CCN(Cc3ccccc3)C2)CC1. The van der Waals surface area contributed by atoms with Gasteiger partial charge in [0.1, 0.15) is 6.61 Å². The monoisotopic (exact) mass is 373 g/mol. The summed E-state index contributed by atoms with van der Waals surface area (Å²) >= 11 is 0. The van der Waals surface area contributed by atoms with Crippen LogP contribution in [0.4, 0.5) is 0 Å². The van der Waals surface area contributed by atoms with Gasteiger partial charge in [-0.05, 0) is 37.3 Å². The fourth-order valence-corrected chi connectivity index (χ4v) is 4.06. The molecule has 0 aliphatic carbocycles. The van der Waals surface area contributed by atoms with Gasteiger partial charge in [-0.15, -0.1) is 0 Å². The molecule has 2 heterocycles. The minimum Gasteiger partial charge on any atom is -0.375 e. The largest absolute Gasteiger partial charge is 0.375 e. The second-order valence-electron chi connectivity index (χ2n) is 7.71. The summed E-state index contributed by atoms with van der Waals surface area (Å²) < 4.78 is 4.90. The van der Waals surface area contributed by atoms with Gasteiger partial charge in [0, 0.05) is 45.8 Å². The first-order valence-corrected chi connectivity index (χ1v) is 9.96. The number of nitrogens with one attached hydrogen (secondary N) is 1. The number of hydrogen-bond acceptors (Lipinski definition) is 4. The van der Waals surface area contributed by atoms with E-state index >= 15 is 0 Å². The summed E-state index contributed by atoms with van der Waals surface area (Å²) in [6.45, 7) is 5.29. The lowest BCUT2D eigenvalue weighted by Crippen LogP contribution is -2.44. The maximum Gasteiger partial charge on any atom is 0.248 e. The van der Waals surface area contributed by atoms with Crippen LogP contribution in [0, 0.1) is 11.8 Å². The third-order valence-electron chi connectivity index (χ3n) is 5.67. The number of nitrogens with zero attached hydrogens (tertiary/aromatic N) is 2. The predicted molar refractivity (Wildman–Crippen MR) is 104 cm³/mol. The quantitative estimate of drug-likeness (QED) is 0.787. The Hall–Kier alpha value is -1.92. The van der Waals surface area contributed by atoms with E-state index in [1.54, 1.807) is 4.90 Å². The number of carbonyl (C=O) groups excluding carboxylic acids is 2. The zero-order chi connectivity index (χ0) is 19.1. The van der Waals surface area contributed by atoms with Crippen LogP contribution in [0.15, 0.2) is 30.3 Å². The van der Waals surface area contributed by atoms with Gasteiger partial charge in [-0.2, -0.15) is 0 Å². The van der Waals surface area contributed by atoms with Crippen LogP contribution in [0.25, 0.3) is 0 Å². The molecule has 0 spiro atoms. The van der Waals surface area contributed by atoms with E-state index in [4.69, 9.17) is 4.74 Å². The molecule has 6 heteroatoms. The Bertz CT molecular complexity index is 614. The topological polar surface area (TPSA) is 61.9 Å². The van der Waals surface area contributed by atoms with E-state index < -0.39 is 0 Å². The second-order valence-corrected chi connectivity index (χ2v) is 7.71. The highest BCUT2D eigenvalue weighted by atomic mass is 16.5. The summed E-state index contributed by atoms with van der Waals surface area (Å²) in [5.41, 5.74) is 1.34. The van der Waals surface area contributed by atoms with Gasteiger partial charge in [0.05, 0.1) is 0 Å². The van der Waals surface area contributed by atoms with Crippen LogP contribution in [0.5, 0.6) is 0 Å². The van der Waals surface area contributed by atoms with Gasteiger partial charge in [-0.25, -0.2) is 0 Å². The molecule has 2 saturated heterocycles. The number of benzene rings is 1. The highest BCUT2D eigenvalue weighted by molar-refractivity contribution is 5.80. The Morgan fingerprint density at radius 2 is 1.85 bits per heavy atom. The molecule has 2 aliphatic rings. The number of methoxy groups -OCH3 is 1. The third kappa shape index (κ3) is 5.78. The van der Waals surface area contributed by atoms with Crippen LogP contribution in [0.2, 0.25) is 0 Å². The number of piperidine rings is 1. The first kappa shape index (κ1) is 19.8. The Labute approximate surface area is 161 Å². The van der Waals surface area contributed by atoms with Crippen molar-refractivity contribution < 1.29 is 14.3 Å². The van der Waals surface area contributed by atoms with E-state index in [1.165, 1.54) is 12.7 Å². The van der Waals surface area contributed by atoms with Crippen molar-refractivity contribution in [1.82, 2.24) is 15.1 Å². The van der Waals surface area contributed by atoms with Crippen LogP contribution in [-0.4, -0.2) is 68.1 Å². The first-order valence-electron chi connectivity index (χ1n) is 9.96. The van der Waals surface area contributed by atoms with E-state index in [9.17, 15) is 9.59 Å². The highest BCUT2D eigenvalue weighted by Gasteiger charge is 2.28. The summed E-state index contributed by atoms with van der Waals surface area (Å²) in [6.07, 6.45) is 2.62. The van der Waals surface area contributed by atoms with Gasteiger partial charge in [-0.3, -0.25) is 14.5 Å². The molecule has 2 aliphatic heterocycles. The van der Waals surface area contributed by atoms with Gasteiger partial charge in [0.2, 0.25) is 11.8 Å². The average molecular weight is 373 g/mol. The van der Waals surface area contributed by atoms with Gasteiger partial charge < -0.3 is 15.0 Å². The molecule has 0 radical (unpaired) electrons. The smallest absolute Gasteiger partial charge is 0.248 e. The zero-order valence-electron chi connectivity index (χ0n) is 16.2. The van der Waals surface area contributed by atoms with Crippen molar-refractivity contribution >= 4 is 11.8 Å². The van der Waals surface area contributed by atoms with Crippen molar-refractivity contribution in [3.8, 4) is 0 Å². The molecule has 1 aromatic rings. The lowest BCUT2D eigenvalue weighted by atomic mass is 9.95. The molecular weight excluding hydrogens is 342 g/mol. The molecule has 0 aromatic heterocycles. The van der Waals surface area contributed by atoms with Gasteiger partial charge in [0.15, 0.2) is 0 Å². The maximum absolute atomic E-state index is 12.5. The van der Waals surface area contributed by atoms with E-state index in [1.807, 2.05) is 6.07 Å². The maximum atomic E-state index is 12.5. The molecule has 3 rings (SSSR count). The van der Waals surface area contributed by atoms with Gasteiger partial charge in [0.25, 0.3) is 0 Å². The molecule has 1 N–H and O–H groups in total. The number of amides is 2. The van der Waals surface area contributed by atoms with Crippen molar-refractivity contribution in [2.24, 2.45) is 11.8 Å². The number of ether oxygens (including phenoxy) is 1. The summed E-state index contributed by atoms with van der Waals surface area (Å²) in [5, 5.41) is 3.15. The van der Waals surface area contributed by atoms with Crippen LogP contribution in [0.3, 0.4) is 0 Å².